The molecule has 0 radical (unpaired) electrons. The Morgan fingerprint density at radius 1 is 1.41 bits per heavy atom. The van der Waals surface area contributed by atoms with E-state index in [9.17, 15) is 4.79 Å². The van der Waals surface area contributed by atoms with Gasteiger partial charge in [-0.15, -0.1) is 0 Å². The van der Waals surface area contributed by atoms with Crippen molar-refractivity contribution in [3.8, 4) is 0 Å². The van der Waals surface area contributed by atoms with E-state index in [0.717, 1.165) is 43.7 Å². The summed E-state index contributed by atoms with van der Waals surface area (Å²) in [5.41, 5.74) is 6.94. The van der Waals surface area contributed by atoms with E-state index < -0.39 is 0 Å². The fraction of sp³-hybridized carbons (Fsp3) is 0.765. The van der Waals surface area contributed by atoms with Crippen LogP contribution in [-0.2, 0) is 4.79 Å². The van der Waals surface area contributed by atoms with E-state index in [0.29, 0.717) is 13.0 Å². The quantitative estimate of drug-likeness (QED) is 0.928. The van der Waals surface area contributed by atoms with Crippen LogP contribution in [0, 0.1) is 12.3 Å². The van der Waals surface area contributed by atoms with E-state index in [4.69, 9.17) is 10.3 Å². The van der Waals surface area contributed by atoms with Gasteiger partial charge in [-0.3, -0.25) is 4.79 Å². The summed E-state index contributed by atoms with van der Waals surface area (Å²) in [5.74, 6) is 1.07. The van der Waals surface area contributed by atoms with Crippen LogP contribution in [0.5, 0.6) is 0 Å². The van der Waals surface area contributed by atoms with Crippen LogP contribution < -0.4 is 5.73 Å². The first-order valence-corrected chi connectivity index (χ1v) is 8.56. The van der Waals surface area contributed by atoms with E-state index in [1.807, 2.05) is 17.9 Å². The lowest BCUT2D eigenvalue weighted by molar-refractivity contribution is -0.135. The molecule has 1 unspecified atom stereocenters. The van der Waals surface area contributed by atoms with Crippen molar-refractivity contribution in [1.82, 2.24) is 10.1 Å². The third-order valence-electron chi connectivity index (χ3n) is 5.42. The maximum atomic E-state index is 12.9. The van der Waals surface area contributed by atoms with Crippen LogP contribution in [0.3, 0.4) is 0 Å². The van der Waals surface area contributed by atoms with E-state index in [-0.39, 0.29) is 17.4 Å². The maximum absolute atomic E-state index is 12.9. The highest BCUT2D eigenvalue weighted by molar-refractivity contribution is 5.77. The monoisotopic (exact) mass is 305 g/mol. The number of likely N-dealkylation sites (tertiary alicyclic amines) is 1. The van der Waals surface area contributed by atoms with Crippen molar-refractivity contribution in [2.45, 2.75) is 64.3 Å². The Labute approximate surface area is 132 Å². The van der Waals surface area contributed by atoms with Crippen LogP contribution in [0.25, 0.3) is 0 Å². The maximum Gasteiger partial charge on any atom is 0.223 e. The van der Waals surface area contributed by atoms with Gasteiger partial charge in [0.05, 0.1) is 11.7 Å². The molecule has 1 aromatic heterocycles. The highest BCUT2D eigenvalue weighted by atomic mass is 16.5. The molecule has 122 valence electrons. The van der Waals surface area contributed by atoms with Gasteiger partial charge in [0.25, 0.3) is 0 Å². The summed E-state index contributed by atoms with van der Waals surface area (Å²) < 4.78 is 5.40. The van der Waals surface area contributed by atoms with Gasteiger partial charge in [-0.1, -0.05) is 24.4 Å². The predicted molar refractivity (Wildman–Crippen MR) is 84.1 cm³/mol. The molecule has 1 amide bonds. The second-order valence-corrected chi connectivity index (χ2v) is 7.06. The highest BCUT2D eigenvalue weighted by Gasteiger charge is 2.38. The Kier molecular flexibility index (Phi) is 4.52. The minimum Gasteiger partial charge on any atom is -0.359 e. The first kappa shape index (κ1) is 15.5. The molecule has 0 bridgehead atoms. The number of carbonyl (C=O) groups is 1. The molecule has 0 aromatic carbocycles. The summed E-state index contributed by atoms with van der Waals surface area (Å²) in [5, 5.41) is 3.97. The van der Waals surface area contributed by atoms with Gasteiger partial charge in [0, 0.05) is 19.0 Å². The molecule has 1 atom stereocenters. The second kappa shape index (κ2) is 6.41. The lowest BCUT2D eigenvalue weighted by Crippen LogP contribution is -2.40. The molecule has 1 aliphatic carbocycles. The number of aryl methyl sites for hydroxylation is 1. The minimum atomic E-state index is 0.0276. The van der Waals surface area contributed by atoms with Gasteiger partial charge in [0.2, 0.25) is 5.91 Å². The zero-order valence-corrected chi connectivity index (χ0v) is 13.5. The smallest absolute Gasteiger partial charge is 0.223 e. The molecule has 2 aliphatic rings. The summed E-state index contributed by atoms with van der Waals surface area (Å²) >= 11 is 0. The van der Waals surface area contributed by atoms with E-state index >= 15 is 0 Å². The third kappa shape index (κ3) is 3.05. The summed E-state index contributed by atoms with van der Waals surface area (Å²) in [6, 6.07) is 2.02. The summed E-state index contributed by atoms with van der Waals surface area (Å²) in [6.07, 6.45) is 8.46. The SMILES string of the molecule is Cc1cc(C2CCCN2C(=O)CC2(CN)CCCCC2)on1. The van der Waals surface area contributed by atoms with Crippen molar-refractivity contribution in [2.75, 3.05) is 13.1 Å². The van der Waals surface area contributed by atoms with Crippen LogP contribution in [0.4, 0.5) is 0 Å². The molecule has 3 rings (SSSR count). The molecule has 1 saturated carbocycles. The normalized spacial score (nSPS) is 24.6. The molecule has 2 fully saturated rings. The van der Waals surface area contributed by atoms with Gasteiger partial charge in [-0.05, 0) is 44.6 Å². The van der Waals surface area contributed by atoms with Crippen molar-refractivity contribution in [2.24, 2.45) is 11.1 Å². The molecule has 1 saturated heterocycles. The Morgan fingerprint density at radius 2 is 2.18 bits per heavy atom. The van der Waals surface area contributed by atoms with Gasteiger partial charge in [-0.25, -0.2) is 0 Å². The molecular weight excluding hydrogens is 278 g/mol. The van der Waals surface area contributed by atoms with Crippen molar-refractivity contribution in [1.29, 1.82) is 0 Å². The largest absolute Gasteiger partial charge is 0.359 e. The number of hydrogen-bond donors (Lipinski definition) is 1. The van der Waals surface area contributed by atoms with Crippen molar-refractivity contribution in [3.63, 3.8) is 0 Å². The molecule has 1 aliphatic heterocycles. The first-order valence-electron chi connectivity index (χ1n) is 8.56. The fourth-order valence-electron chi connectivity index (χ4n) is 4.08. The Balaban J connectivity index is 1.70. The van der Waals surface area contributed by atoms with Crippen LogP contribution >= 0.6 is 0 Å². The topological polar surface area (TPSA) is 72.4 Å². The van der Waals surface area contributed by atoms with E-state index in [1.165, 1.54) is 19.3 Å². The van der Waals surface area contributed by atoms with Gasteiger partial charge in [0.1, 0.15) is 0 Å². The number of aromatic nitrogens is 1. The highest BCUT2D eigenvalue weighted by Crippen LogP contribution is 2.41. The van der Waals surface area contributed by atoms with Gasteiger partial charge >= 0.3 is 0 Å². The lowest BCUT2D eigenvalue weighted by atomic mass is 9.71. The van der Waals surface area contributed by atoms with Crippen molar-refractivity contribution >= 4 is 5.91 Å². The lowest BCUT2D eigenvalue weighted by Gasteiger charge is -2.37. The van der Waals surface area contributed by atoms with Gasteiger partial charge in [-0.2, -0.15) is 0 Å². The Bertz CT molecular complexity index is 520. The van der Waals surface area contributed by atoms with Gasteiger partial charge in [0.15, 0.2) is 5.76 Å². The van der Waals surface area contributed by atoms with Crippen LogP contribution in [0.15, 0.2) is 10.6 Å². The molecule has 5 heteroatoms. The van der Waals surface area contributed by atoms with Crippen molar-refractivity contribution < 1.29 is 9.32 Å². The molecule has 1 aromatic rings. The first-order chi connectivity index (χ1) is 10.6. The fourth-order valence-corrected chi connectivity index (χ4v) is 4.08. The summed E-state index contributed by atoms with van der Waals surface area (Å²) in [7, 11) is 0. The third-order valence-corrected chi connectivity index (χ3v) is 5.42. The summed E-state index contributed by atoms with van der Waals surface area (Å²) in [6.45, 7) is 3.36. The molecular formula is C17H27N3O2. The molecule has 22 heavy (non-hydrogen) atoms. The molecule has 2 heterocycles. The standard InChI is InChI=1S/C17H27N3O2/c1-13-10-15(22-19-13)14-6-5-9-20(14)16(21)11-17(12-18)7-3-2-4-8-17/h10,14H,2-9,11-12,18H2,1H3. The molecule has 0 spiro atoms. The number of hydrogen-bond acceptors (Lipinski definition) is 4. The van der Waals surface area contributed by atoms with Crippen LogP contribution in [0.1, 0.15) is 68.9 Å². The number of nitrogens with two attached hydrogens (primary N) is 1. The zero-order valence-electron chi connectivity index (χ0n) is 13.5. The number of nitrogens with zero attached hydrogens (tertiary/aromatic N) is 2. The number of carbonyl (C=O) groups excluding carboxylic acids is 1. The van der Waals surface area contributed by atoms with E-state index in [1.54, 1.807) is 0 Å². The minimum absolute atomic E-state index is 0.0276. The Hall–Kier alpha value is -1.36. The average molecular weight is 305 g/mol. The molecule has 2 N–H and O–H groups in total. The summed E-state index contributed by atoms with van der Waals surface area (Å²) in [4.78, 5) is 14.9. The van der Waals surface area contributed by atoms with Crippen molar-refractivity contribution in [3.05, 3.63) is 17.5 Å². The number of amides is 1. The predicted octanol–water partition coefficient (Wildman–Crippen LogP) is 2.95. The van der Waals surface area contributed by atoms with E-state index in [2.05, 4.69) is 5.16 Å². The Morgan fingerprint density at radius 3 is 2.82 bits per heavy atom. The van der Waals surface area contributed by atoms with Crippen LogP contribution in [0.2, 0.25) is 0 Å². The average Bonchev–Trinajstić information content (AvgIpc) is 3.16. The van der Waals surface area contributed by atoms with Crippen LogP contribution in [-0.4, -0.2) is 29.1 Å². The molecule has 5 nitrogen and oxygen atoms in total. The van der Waals surface area contributed by atoms with Gasteiger partial charge < -0.3 is 15.2 Å². The second-order valence-electron chi connectivity index (χ2n) is 7.06. The zero-order chi connectivity index (χ0) is 15.6. The number of rotatable bonds is 4.